The molecule has 1 N–H and O–H groups in total. The van der Waals surface area contributed by atoms with Crippen LogP contribution in [0.1, 0.15) is 0 Å². The van der Waals surface area contributed by atoms with Gasteiger partial charge in [-0.2, -0.15) is 0 Å². The van der Waals surface area contributed by atoms with Crippen LogP contribution in [0.25, 0.3) is 11.1 Å². The first kappa shape index (κ1) is 16.8. The summed E-state index contributed by atoms with van der Waals surface area (Å²) in [4.78, 5) is -0.0520. The maximum atomic E-state index is 12.5. The lowest BCUT2D eigenvalue weighted by molar-refractivity contribution is 0.601. The number of sulfonamides is 1. The first-order valence-electron chi connectivity index (χ1n) is 7.09. The van der Waals surface area contributed by atoms with Crippen molar-refractivity contribution in [1.82, 2.24) is 0 Å². The van der Waals surface area contributed by atoms with Crippen molar-refractivity contribution in [1.29, 1.82) is 0 Å². The summed E-state index contributed by atoms with van der Waals surface area (Å²) >= 11 is 11.8. The summed E-state index contributed by atoms with van der Waals surface area (Å²) in [5, 5.41) is 0.423. The van der Waals surface area contributed by atoms with E-state index in [0.717, 1.165) is 11.1 Å². The Morgan fingerprint density at radius 3 is 2.04 bits per heavy atom. The van der Waals surface area contributed by atoms with E-state index in [2.05, 4.69) is 4.72 Å². The second-order valence-corrected chi connectivity index (χ2v) is 7.62. The molecule has 3 rings (SSSR count). The molecule has 6 heteroatoms. The van der Waals surface area contributed by atoms with Gasteiger partial charge < -0.3 is 0 Å². The first-order chi connectivity index (χ1) is 11.5. The van der Waals surface area contributed by atoms with E-state index in [-0.39, 0.29) is 9.92 Å². The van der Waals surface area contributed by atoms with Crippen LogP contribution in [-0.2, 0) is 10.0 Å². The van der Waals surface area contributed by atoms with E-state index in [1.807, 2.05) is 42.5 Å². The van der Waals surface area contributed by atoms with Crippen LogP contribution in [0, 0.1) is 0 Å². The average Bonchev–Trinajstić information content (AvgIpc) is 2.58. The maximum Gasteiger partial charge on any atom is 0.263 e. The van der Waals surface area contributed by atoms with Gasteiger partial charge in [0.25, 0.3) is 10.0 Å². The Morgan fingerprint density at radius 1 is 0.750 bits per heavy atom. The minimum absolute atomic E-state index is 0.0520. The van der Waals surface area contributed by atoms with Crippen molar-refractivity contribution in [3.63, 3.8) is 0 Å². The van der Waals surface area contributed by atoms with Gasteiger partial charge in [0.2, 0.25) is 0 Å². The van der Waals surface area contributed by atoms with Gasteiger partial charge in [0.15, 0.2) is 0 Å². The quantitative estimate of drug-likeness (QED) is 0.655. The van der Waals surface area contributed by atoms with Gasteiger partial charge in [-0.05, 0) is 41.5 Å². The molecule has 0 saturated carbocycles. The van der Waals surface area contributed by atoms with Gasteiger partial charge in [-0.1, -0.05) is 65.7 Å². The van der Waals surface area contributed by atoms with Crippen molar-refractivity contribution in [2.24, 2.45) is 0 Å². The zero-order chi connectivity index (χ0) is 17.2. The van der Waals surface area contributed by atoms with Crippen molar-refractivity contribution >= 4 is 38.9 Å². The number of nitrogens with one attached hydrogen (secondary N) is 1. The monoisotopic (exact) mass is 377 g/mol. The van der Waals surface area contributed by atoms with E-state index in [0.29, 0.717) is 10.7 Å². The van der Waals surface area contributed by atoms with Crippen molar-refractivity contribution in [2.75, 3.05) is 4.72 Å². The number of anilines is 1. The molecule has 0 amide bonds. The molecule has 0 spiro atoms. The van der Waals surface area contributed by atoms with Crippen molar-refractivity contribution < 1.29 is 8.42 Å². The second-order valence-electron chi connectivity index (χ2n) is 5.12. The predicted molar refractivity (Wildman–Crippen MR) is 99.1 cm³/mol. The lowest BCUT2D eigenvalue weighted by Crippen LogP contribution is -2.13. The first-order valence-corrected chi connectivity index (χ1v) is 9.33. The Hall–Kier alpha value is -2.01. The fourth-order valence-corrected chi connectivity index (χ4v) is 4.08. The molecule has 0 fully saturated rings. The van der Waals surface area contributed by atoms with E-state index < -0.39 is 10.0 Å². The van der Waals surface area contributed by atoms with Crippen molar-refractivity contribution in [2.45, 2.75) is 4.90 Å². The van der Waals surface area contributed by atoms with Crippen molar-refractivity contribution in [3.05, 3.63) is 82.8 Å². The summed E-state index contributed by atoms with van der Waals surface area (Å²) in [6, 6.07) is 21.3. The highest BCUT2D eigenvalue weighted by Gasteiger charge is 2.18. The minimum Gasteiger partial charge on any atom is -0.280 e. The molecule has 0 radical (unpaired) electrons. The third kappa shape index (κ3) is 3.73. The van der Waals surface area contributed by atoms with Crippen LogP contribution in [-0.4, -0.2) is 8.42 Å². The fraction of sp³-hybridized carbons (Fsp3) is 0. The molecule has 0 unspecified atom stereocenters. The van der Waals surface area contributed by atoms with Crippen LogP contribution in [0.15, 0.2) is 77.7 Å². The molecule has 0 atom stereocenters. The summed E-state index contributed by atoms with van der Waals surface area (Å²) in [6.45, 7) is 0. The summed E-state index contributed by atoms with van der Waals surface area (Å²) in [7, 11) is -3.81. The van der Waals surface area contributed by atoms with Crippen LogP contribution in [0.5, 0.6) is 0 Å². The number of hydrogen-bond acceptors (Lipinski definition) is 2. The standard InChI is InChI=1S/C18H13Cl2NO2S/c19-15-8-11-17(20)18(12-15)24(22,23)21-16-9-6-14(7-10-16)13-4-2-1-3-5-13/h1-12,21H. The minimum atomic E-state index is -3.81. The van der Waals surface area contributed by atoms with E-state index in [1.54, 1.807) is 12.1 Å². The highest BCUT2D eigenvalue weighted by molar-refractivity contribution is 7.92. The van der Waals surface area contributed by atoms with Gasteiger partial charge in [-0.25, -0.2) is 8.42 Å². The maximum absolute atomic E-state index is 12.5. The zero-order valence-corrected chi connectivity index (χ0v) is 14.7. The Bertz CT molecular complexity index is 956. The molecule has 0 saturated heterocycles. The fourth-order valence-electron chi connectivity index (χ4n) is 2.25. The SMILES string of the molecule is O=S(=O)(Nc1ccc(-c2ccccc2)cc1)c1cc(Cl)ccc1Cl. The van der Waals surface area contributed by atoms with Gasteiger partial charge >= 0.3 is 0 Å². The van der Waals surface area contributed by atoms with Crippen LogP contribution in [0.3, 0.4) is 0 Å². The Kier molecular flexibility index (Phi) is 4.81. The van der Waals surface area contributed by atoms with E-state index in [1.165, 1.54) is 18.2 Å². The molecule has 3 aromatic carbocycles. The highest BCUT2D eigenvalue weighted by Crippen LogP contribution is 2.27. The molecular weight excluding hydrogens is 365 g/mol. The molecule has 0 heterocycles. The second kappa shape index (κ2) is 6.85. The van der Waals surface area contributed by atoms with Gasteiger partial charge in [0.1, 0.15) is 4.90 Å². The van der Waals surface area contributed by atoms with E-state index in [9.17, 15) is 8.42 Å². The van der Waals surface area contributed by atoms with Crippen LogP contribution >= 0.6 is 23.2 Å². The van der Waals surface area contributed by atoms with E-state index in [4.69, 9.17) is 23.2 Å². The van der Waals surface area contributed by atoms with Gasteiger partial charge in [-0.15, -0.1) is 0 Å². The van der Waals surface area contributed by atoms with E-state index >= 15 is 0 Å². The van der Waals surface area contributed by atoms with Crippen LogP contribution in [0.4, 0.5) is 5.69 Å². The smallest absolute Gasteiger partial charge is 0.263 e. The molecular formula is C18H13Cl2NO2S. The molecule has 0 bridgehead atoms. The Morgan fingerprint density at radius 2 is 1.38 bits per heavy atom. The molecule has 3 aromatic rings. The van der Waals surface area contributed by atoms with Gasteiger partial charge in [0.05, 0.1) is 5.02 Å². The lowest BCUT2D eigenvalue weighted by Gasteiger charge is -2.10. The highest BCUT2D eigenvalue weighted by atomic mass is 35.5. The van der Waals surface area contributed by atoms with Crippen LogP contribution in [0.2, 0.25) is 10.0 Å². The largest absolute Gasteiger partial charge is 0.280 e. The third-order valence-electron chi connectivity index (χ3n) is 3.43. The number of benzene rings is 3. The predicted octanol–water partition coefficient (Wildman–Crippen LogP) is 5.46. The molecule has 0 aliphatic carbocycles. The topological polar surface area (TPSA) is 46.2 Å². The average molecular weight is 378 g/mol. The van der Waals surface area contributed by atoms with Crippen molar-refractivity contribution in [3.8, 4) is 11.1 Å². The molecule has 3 nitrogen and oxygen atoms in total. The molecule has 24 heavy (non-hydrogen) atoms. The summed E-state index contributed by atoms with van der Waals surface area (Å²) in [6.07, 6.45) is 0. The lowest BCUT2D eigenvalue weighted by atomic mass is 10.1. The normalized spacial score (nSPS) is 11.2. The Labute approximate surface area is 150 Å². The summed E-state index contributed by atoms with van der Waals surface area (Å²) in [5.74, 6) is 0. The Balaban J connectivity index is 1.87. The van der Waals surface area contributed by atoms with Gasteiger partial charge in [-0.3, -0.25) is 4.72 Å². The molecule has 0 aliphatic heterocycles. The molecule has 0 aliphatic rings. The third-order valence-corrected chi connectivity index (χ3v) is 5.52. The summed E-state index contributed by atoms with van der Waals surface area (Å²) < 4.78 is 27.5. The summed E-state index contributed by atoms with van der Waals surface area (Å²) in [5.41, 5.74) is 2.51. The number of rotatable bonds is 4. The zero-order valence-electron chi connectivity index (χ0n) is 12.4. The van der Waals surface area contributed by atoms with Gasteiger partial charge in [0, 0.05) is 10.7 Å². The van der Waals surface area contributed by atoms with Crippen LogP contribution < -0.4 is 4.72 Å². The molecule has 0 aromatic heterocycles. The molecule has 122 valence electrons. The number of hydrogen-bond donors (Lipinski definition) is 1. The number of halogens is 2.